The normalized spacial score (nSPS) is 38.6. The molecule has 4 bridgehead atoms. The number of carbonyl (C=O) groups excluding carboxylic acids is 1. The molecule has 0 heterocycles. The summed E-state index contributed by atoms with van der Waals surface area (Å²) in [4.78, 5) is 12.8. The summed E-state index contributed by atoms with van der Waals surface area (Å²) in [6, 6.07) is 0. The van der Waals surface area contributed by atoms with Gasteiger partial charge in [0.15, 0.2) is 5.11 Å². The lowest BCUT2D eigenvalue weighted by molar-refractivity contribution is -0.144. The number of hydrogen-bond acceptors (Lipinski definition) is 2. The fraction of sp³-hybridized carbons (Fsp3) is 0.875. The molecular weight excluding hydrogens is 268 g/mol. The first kappa shape index (κ1) is 14.3. The minimum atomic E-state index is -0.113. The minimum Gasteiger partial charge on any atom is -0.358 e. The van der Waals surface area contributed by atoms with Crippen LogP contribution >= 0.6 is 12.2 Å². The van der Waals surface area contributed by atoms with E-state index in [1.807, 2.05) is 0 Å². The van der Waals surface area contributed by atoms with E-state index in [9.17, 15) is 4.79 Å². The number of amides is 1. The van der Waals surface area contributed by atoms with E-state index in [-0.39, 0.29) is 16.9 Å². The van der Waals surface area contributed by atoms with Gasteiger partial charge in [-0.05, 0) is 89.3 Å². The Bertz CT molecular complexity index is 403. The van der Waals surface area contributed by atoms with E-state index in [0.717, 1.165) is 37.0 Å². The molecule has 0 spiro atoms. The van der Waals surface area contributed by atoms with Crippen molar-refractivity contribution in [1.82, 2.24) is 10.6 Å². The standard InChI is InChI=1S/C16H26N2OS/c1-15(2,3)18-14(20)17-13(19)16-7-10-4-11(8-16)6-12(5-10)9-16/h10-12H,4-9H2,1-3H3,(H2,17,18,19,20). The lowest BCUT2D eigenvalue weighted by atomic mass is 9.49. The zero-order valence-electron chi connectivity index (χ0n) is 12.8. The number of nitrogens with one attached hydrogen (secondary N) is 2. The van der Waals surface area contributed by atoms with E-state index < -0.39 is 0 Å². The summed E-state index contributed by atoms with van der Waals surface area (Å²) in [5, 5.41) is 6.64. The summed E-state index contributed by atoms with van der Waals surface area (Å²) in [6.07, 6.45) is 7.33. The summed E-state index contributed by atoms with van der Waals surface area (Å²) in [5.41, 5.74) is -0.218. The molecule has 0 aliphatic heterocycles. The number of thiocarbonyl (C=S) groups is 1. The molecule has 1 amide bonds. The maximum absolute atomic E-state index is 12.8. The fourth-order valence-corrected chi connectivity index (χ4v) is 5.40. The fourth-order valence-electron chi connectivity index (χ4n) is 5.00. The van der Waals surface area contributed by atoms with Gasteiger partial charge in [-0.2, -0.15) is 0 Å². The lowest BCUT2D eigenvalue weighted by Gasteiger charge is -2.55. The van der Waals surface area contributed by atoms with Gasteiger partial charge in [0.05, 0.1) is 5.41 Å². The average molecular weight is 294 g/mol. The second-order valence-corrected chi connectivity index (χ2v) is 8.76. The number of hydrogen-bond donors (Lipinski definition) is 2. The zero-order valence-corrected chi connectivity index (χ0v) is 13.6. The summed E-state index contributed by atoms with van der Waals surface area (Å²) >= 11 is 5.29. The quantitative estimate of drug-likeness (QED) is 0.731. The summed E-state index contributed by atoms with van der Waals surface area (Å²) in [7, 11) is 0. The van der Waals surface area contributed by atoms with Gasteiger partial charge in [0.25, 0.3) is 0 Å². The van der Waals surface area contributed by atoms with Crippen LogP contribution in [0.15, 0.2) is 0 Å². The van der Waals surface area contributed by atoms with Gasteiger partial charge in [-0.25, -0.2) is 0 Å². The van der Waals surface area contributed by atoms with Crippen molar-refractivity contribution >= 4 is 23.2 Å². The lowest BCUT2D eigenvalue weighted by Crippen LogP contribution is -2.57. The maximum Gasteiger partial charge on any atom is 0.232 e. The Morgan fingerprint density at radius 1 is 1.05 bits per heavy atom. The predicted molar refractivity (Wildman–Crippen MR) is 84.2 cm³/mol. The first-order chi connectivity index (χ1) is 9.26. The van der Waals surface area contributed by atoms with E-state index in [2.05, 4.69) is 31.4 Å². The molecule has 0 aromatic heterocycles. The van der Waals surface area contributed by atoms with Crippen LogP contribution < -0.4 is 10.6 Å². The maximum atomic E-state index is 12.8. The Hall–Kier alpha value is -0.640. The molecule has 2 N–H and O–H groups in total. The van der Waals surface area contributed by atoms with Crippen LogP contribution in [0.5, 0.6) is 0 Å². The molecule has 0 aromatic carbocycles. The van der Waals surface area contributed by atoms with Crippen LogP contribution in [0, 0.1) is 23.2 Å². The van der Waals surface area contributed by atoms with Gasteiger partial charge in [0.2, 0.25) is 5.91 Å². The molecule has 0 radical (unpaired) electrons. The van der Waals surface area contributed by atoms with Gasteiger partial charge in [-0.1, -0.05) is 0 Å². The smallest absolute Gasteiger partial charge is 0.232 e. The van der Waals surface area contributed by atoms with Crippen LogP contribution in [0.4, 0.5) is 0 Å². The highest BCUT2D eigenvalue weighted by atomic mass is 32.1. The topological polar surface area (TPSA) is 41.1 Å². The zero-order chi connectivity index (χ0) is 14.5. The van der Waals surface area contributed by atoms with Gasteiger partial charge in [0, 0.05) is 5.54 Å². The van der Waals surface area contributed by atoms with Crippen LogP contribution in [0.2, 0.25) is 0 Å². The van der Waals surface area contributed by atoms with Crippen molar-refractivity contribution in [3.8, 4) is 0 Å². The SMILES string of the molecule is CC(C)(C)NC(=S)NC(=O)C12CC3CC(CC(C3)C1)C2. The third-order valence-electron chi connectivity index (χ3n) is 5.24. The second-order valence-electron chi connectivity index (χ2n) is 8.36. The monoisotopic (exact) mass is 294 g/mol. The molecule has 3 nitrogen and oxygen atoms in total. The van der Waals surface area contributed by atoms with Crippen molar-refractivity contribution in [3.63, 3.8) is 0 Å². The Morgan fingerprint density at radius 3 is 1.90 bits per heavy atom. The molecule has 4 rings (SSSR count). The summed E-state index contributed by atoms with van der Waals surface area (Å²) in [5.74, 6) is 2.54. The van der Waals surface area contributed by atoms with Crippen LogP contribution in [-0.4, -0.2) is 16.6 Å². The first-order valence-electron chi connectivity index (χ1n) is 7.89. The average Bonchev–Trinajstić information content (AvgIpc) is 2.23. The minimum absolute atomic E-state index is 0.105. The molecular formula is C16H26N2OS. The Labute approximate surface area is 127 Å². The van der Waals surface area contributed by atoms with Crippen molar-refractivity contribution in [3.05, 3.63) is 0 Å². The first-order valence-corrected chi connectivity index (χ1v) is 8.30. The third kappa shape index (κ3) is 2.72. The second kappa shape index (κ2) is 4.69. The molecule has 112 valence electrons. The van der Waals surface area contributed by atoms with E-state index >= 15 is 0 Å². The van der Waals surface area contributed by atoms with Crippen molar-refractivity contribution in [2.75, 3.05) is 0 Å². The van der Waals surface area contributed by atoms with E-state index in [1.165, 1.54) is 19.3 Å². The van der Waals surface area contributed by atoms with Crippen molar-refractivity contribution in [1.29, 1.82) is 0 Å². The largest absolute Gasteiger partial charge is 0.358 e. The molecule has 4 heteroatoms. The number of carbonyl (C=O) groups is 1. The van der Waals surface area contributed by atoms with Gasteiger partial charge >= 0.3 is 0 Å². The van der Waals surface area contributed by atoms with Gasteiger partial charge in [-0.3, -0.25) is 4.79 Å². The highest BCUT2D eigenvalue weighted by Gasteiger charge is 2.54. The van der Waals surface area contributed by atoms with Crippen LogP contribution in [0.25, 0.3) is 0 Å². The van der Waals surface area contributed by atoms with Crippen molar-refractivity contribution < 1.29 is 4.79 Å². The van der Waals surface area contributed by atoms with Crippen molar-refractivity contribution in [2.24, 2.45) is 23.2 Å². The molecule has 4 saturated carbocycles. The molecule has 20 heavy (non-hydrogen) atoms. The van der Waals surface area contributed by atoms with E-state index in [0.29, 0.717) is 5.11 Å². The molecule has 4 aliphatic carbocycles. The third-order valence-corrected chi connectivity index (χ3v) is 5.44. The van der Waals surface area contributed by atoms with Gasteiger partial charge < -0.3 is 10.6 Å². The molecule has 0 aromatic rings. The van der Waals surface area contributed by atoms with Crippen LogP contribution in [-0.2, 0) is 4.79 Å². The number of rotatable bonds is 1. The highest BCUT2D eigenvalue weighted by Crippen LogP contribution is 2.60. The van der Waals surface area contributed by atoms with Gasteiger partial charge in [0.1, 0.15) is 0 Å². The molecule has 0 saturated heterocycles. The Kier molecular flexibility index (Phi) is 3.35. The molecule has 0 unspecified atom stereocenters. The predicted octanol–water partition coefficient (Wildman–Crippen LogP) is 2.99. The molecule has 4 fully saturated rings. The summed E-state index contributed by atoms with van der Waals surface area (Å²) < 4.78 is 0. The van der Waals surface area contributed by atoms with E-state index in [1.54, 1.807) is 0 Å². The van der Waals surface area contributed by atoms with Gasteiger partial charge in [-0.15, -0.1) is 0 Å². The van der Waals surface area contributed by atoms with Crippen LogP contribution in [0.1, 0.15) is 59.3 Å². The van der Waals surface area contributed by atoms with Crippen molar-refractivity contribution in [2.45, 2.75) is 64.8 Å². The Balaban J connectivity index is 1.67. The Morgan fingerprint density at radius 2 is 1.50 bits per heavy atom. The van der Waals surface area contributed by atoms with E-state index in [4.69, 9.17) is 12.2 Å². The highest BCUT2D eigenvalue weighted by molar-refractivity contribution is 7.80. The molecule has 4 aliphatic rings. The molecule has 0 atom stereocenters. The summed E-state index contributed by atoms with van der Waals surface area (Å²) in [6.45, 7) is 6.16. The van der Waals surface area contributed by atoms with Crippen LogP contribution in [0.3, 0.4) is 0 Å².